The molecule has 16 heavy (non-hydrogen) atoms. The predicted molar refractivity (Wildman–Crippen MR) is 59.9 cm³/mol. The van der Waals surface area contributed by atoms with Crippen LogP contribution in [-0.4, -0.2) is 37.4 Å². The molecule has 86 valence electrons. The van der Waals surface area contributed by atoms with Crippen LogP contribution < -0.4 is 0 Å². The van der Waals surface area contributed by atoms with Gasteiger partial charge in [-0.15, -0.1) is 17.8 Å². The summed E-state index contributed by atoms with van der Waals surface area (Å²) in [6.45, 7) is -0.0529. The summed E-state index contributed by atoms with van der Waals surface area (Å²) in [4.78, 5) is 10.6. The number of nitrogens with zero attached hydrogens (tertiary/aromatic N) is 1. The van der Waals surface area contributed by atoms with Crippen molar-refractivity contribution in [2.75, 3.05) is 13.6 Å². The quantitative estimate of drug-likeness (QED) is 0.808. The SMILES string of the molecule is C#CCN(C)S(=O)(=O)c1ccc(C(=O)O)s1. The molecule has 0 aliphatic carbocycles. The number of hydrogen-bond donors (Lipinski definition) is 1. The second kappa shape index (κ2) is 4.65. The van der Waals surface area contributed by atoms with Crippen LogP contribution in [-0.2, 0) is 10.0 Å². The molecule has 0 fully saturated rings. The van der Waals surface area contributed by atoms with E-state index in [1.165, 1.54) is 19.2 Å². The summed E-state index contributed by atoms with van der Waals surface area (Å²) in [5.74, 6) is 1.06. The van der Waals surface area contributed by atoms with Crippen molar-refractivity contribution in [1.29, 1.82) is 0 Å². The number of thiophene rings is 1. The Morgan fingerprint density at radius 2 is 2.25 bits per heavy atom. The third-order valence-electron chi connectivity index (χ3n) is 1.77. The zero-order chi connectivity index (χ0) is 12.3. The third-order valence-corrected chi connectivity index (χ3v) is 5.11. The number of carboxylic acids is 1. The highest BCUT2D eigenvalue weighted by molar-refractivity contribution is 7.91. The normalized spacial score (nSPS) is 11.3. The summed E-state index contributed by atoms with van der Waals surface area (Å²) in [6, 6.07) is 2.51. The van der Waals surface area contributed by atoms with Gasteiger partial charge in [0.05, 0.1) is 6.54 Å². The van der Waals surface area contributed by atoms with Crippen molar-refractivity contribution in [2.45, 2.75) is 4.21 Å². The largest absolute Gasteiger partial charge is 0.477 e. The maximum atomic E-state index is 11.8. The van der Waals surface area contributed by atoms with E-state index in [4.69, 9.17) is 11.5 Å². The van der Waals surface area contributed by atoms with Crippen LogP contribution in [0.4, 0.5) is 0 Å². The Bertz CT molecular complexity index is 538. The van der Waals surface area contributed by atoms with Gasteiger partial charge in [-0.2, -0.15) is 4.31 Å². The number of sulfonamides is 1. The number of carboxylic acid groups (broad SMARTS) is 1. The van der Waals surface area contributed by atoms with Crippen molar-refractivity contribution in [1.82, 2.24) is 4.31 Å². The van der Waals surface area contributed by atoms with Crippen LogP contribution in [0.25, 0.3) is 0 Å². The molecule has 0 atom stereocenters. The van der Waals surface area contributed by atoms with Gasteiger partial charge in [0.1, 0.15) is 9.09 Å². The summed E-state index contributed by atoms with van der Waals surface area (Å²) < 4.78 is 24.6. The van der Waals surface area contributed by atoms with Gasteiger partial charge in [-0.1, -0.05) is 5.92 Å². The second-order valence-corrected chi connectivity index (χ2v) is 6.24. The molecule has 0 aromatic carbocycles. The maximum absolute atomic E-state index is 11.8. The van der Waals surface area contributed by atoms with Crippen molar-refractivity contribution in [2.24, 2.45) is 0 Å². The van der Waals surface area contributed by atoms with Gasteiger partial charge >= 0.3 is 5.97 Å². The fourth-order valence-corrected chi connectivity index (χ4v) is 3.38. The van der Waals surface area contributed by atoms with Crippen LogP contribution in [0.2, 0.25) is 0 Å². The Hall–Kier alpha value is -1.36. The fourth-order valence-electron chi connectivity index (χ4n) is 0.941. The molecule has 1 aromatic heterocycles. The molecular weight excluding hydrogens is 250 g/mol. The summed E-state index contributed by atoms with van der Waals surface area (Å²) in [5, 5.41) is 8.68. The summed E-state index contributed by atoms with van der Waals surface area (Å²) in [5.41, 5.74) is 0. The molecule has 0 saturated heterocycles. The minimum Gasteiger partial charge on any atom is -0.477 e. The van der Waals surface area contributed by atoms with Crippen LogP contribution in [0.15, 0.2) is 16.3 Å². The molecule has 1 heterocycles. The first-order valence-corrected chi connectivity index (χ1v) is 6.38. The number of carbonyl (C=O) groups is 1. The van der Waals surface area contributed by atoms with E-state index >= 15 is 0 Å². The lowest BCUT2D eigenvalue weighted by atomic mass is 10.5. The zero-order valence-corrected chi connectivity index (χ0v) is 10.0. The van der Waals surface area contributed by atoms with E-state index in [1.54, 1.807) is 0 Å². The first kappa shape index (κ1) is 12.7. The van der Waals surface area contributed by atoms with Crippen molar-refractivity contribution < 1.29 is 18.3 Å². The Kier molecular flexibility index (Phi) is 3.70. The maximum Gasteiger partial charge on any atom is 0.345 e. The van der Waals surface area contributed by atoms with E-state index in [9.17, 15) is 13.2 Å². The molecule has 0 spiro atoms. The van der Waals surface area contributed by atoms with E-state index in [0.717, 1.165) is 4.31 Å². The first-order valence-electron chi connectivity index (χ1n) is 4.12. The number of hydrogen-bond acceptors (Lipinski definition) is 4. The van der Waals surface area contributed by atoms with E-state index in [0.29, 0.717) is 11.3 Å². The topological polar surface area (TPSA) is 74.7 Å². The molecule has 0 aliphatic rings. The first-order chi connectivity index (χ1) is 7.39. The molecule has 1 N–H and O–H groups in total. The van der Waals surface area contributed by atoms with Crippen molar-refractivity contribution in [3.8, 4) is 12.3 Å². The van der Waals surface area contributed by atoms with Crippen molar-refractivity contribution in [3.63, 3.8) is 0 Å². The number of aromatic carboxylic acids is 1. The Labute approximate surface area is 97.4 Å². The highest BCUT2D eigenvalue weighted by Crippen LogP contribution is 2.23. The van der Waals surface area contributed by atoms with Gasteiger partial charge in [0, 0.05) is 7.05 Å². The molecule has 1 rings (SSSR count). The van der Waals surface area contributed by atoms with E-state index < -0.39 is 16.0 Å². The lowest BCUT2D eigenvalue weighted by Crippen LogP contribution is -2.26. The molecule has 0 unspecified atom stereocenters. The Morgan fingerprint density at radius 1 is 1.62 bits per heavy atom. The molecule has 0 aliphatic heterocycles. The monoisotopic (exact) mass is 259 g/mol. The minimum atomic E-state index is -3.67. The summed E-state index contributed by atoms with van der Waals surface area (Å²) in [6.07, 6.45) is 5.01. The molecule has 0 saturated carbocycles. The van der Waals surface area contributed by atoms with Gasteiger partial charge < -0.3 is 5.11 Å². The average molecular weight is 259 g/mol. The highest BCUT2D eigenvalue weighted by atomic mass is 32.2. The molecule has 0 bridgehead atoms. The Balaban J connectivity index is 3.09. The molecule has 0 amide bonds. The Morgan fingerprint density at radius 3 is 2.69 bits per heavy atom. The molecule has 0 radical (unpaired) electrons. The van der Waals surface area contributed by atoms with Gasteiger partial charge in [0.15, 0.2) is 0 Å². The summed E-state index contributed by atoms with van der Waals surface area (Å²) in [7, 11) is -2.33. The van der Waals surface area contributed by atoms with E-state index in [-0.39, 0.29) is 15.6 Å². The van der Waals surface area contributed by atoms with E-state index in [1.807, 2.05) is 0 Å². The second-order valence-electron chi connectivity index (χ2n) is 2.89. The number of terminal acetylenes is 1. The van der Waals surface area contributed by atoms with E-state index in [2.05, 4.69) is 5.92 Å². The van der Waals surface area contributed by atoms with Gasteiger partial charge in [-0.05, 0) is 12.1 Å². The smallest absolute Gasteiger partial charge is 0.345 e. The van der Waals surface area contributed by atoms with Gasteiger partial charge in [0.2, 0.25) is 0 Å². The van der Waals surface area contributed by atoms with Crippen LogP contribution in [0, 0.1) is 12.3 Å². The molecular formula is C9H9NO4S2. The van der Waals surface area contributed by atoms with Crippen molar-refractivity contribution in [3.05, 3.63) is 17.0 Å². The predicted octanol–water partition coefficient (Wildman–Crippen LogP) is 0.700. The van der Waals surface area contributed by atoms with Crippen LogP contribution in [0.1, 0.15) is 9.67 Å². The molecule has 7 heteroatoms. The summed E-state index contributed by atoms with van der Waals surface area (Å²) >= 11 is 0.704. The average Bonchev–Trinajstić information content (AvgIpc) is 2.67. The lowest BCUT2D eigenvalue weighted by Gasteiger charge is -2.11. The van der Waals surface area contributed by atoms with Gasteiger partial charge in [0.25, 0.3) is 10.0 Å². The number of rotatable bonds is 4. The van der Waals surface area contributed by atoms with Gasteiger partial charge in [-0.25, -0.2) is 13.2 Å². The van der Waals surface area contributed by atoms with Gasteiger partial charge in [-0.3, -0.25) is 0 Å². The van der Waals surface area contributed by atoms with Crippen LogP contribution >= 0.6 is 11.3 Å². The van der Waals surface area contributed by atoms with Crippen LogP contribution in [0.3, 0.4) is 0 Å². The molecule has 5 nitrogen and oxygen atoms in total. The van der Waals surface area contributed by atoms with Crippen molar-refractivity contribution >= 4 is 27.3 Å². The molecule has 1 aromatic rings. The fraction of sp³-hybridized carbons (Fsp3) is 0.222. The highest BCUT2D eigenvalue weighted by Gasteiger charge is 2.23. The zero-order valence-electron chi connectivity index (χ0n) is 8.37. The minimum absolute atomic E-state index is 0.0207. The standard InChI is InChI=1S/C9H9NO4S2/c1-3-6-10(2)16(13,14)8-5-4-7(15-8)9(11)12/h1,4-5H,6H2,2H3,(H,11,12). The lowest BCUT2D eigenvalue weighted by molar-refractivity contribution is 0.0702. The van der Waals surface area contributed by atoms with Crippen LogP contribution in [0.5, 0.6) is 0 Å². The third kappa shape index (κ3) is 2.41.